The zero-order valence-corrected chi connectivity index (χ0v) is 60.9. The molecule has 12 rings (SSSR count). The predicted molar refractivity (Wildman–Crippen MR) is 407 cm³/mol. The molecule has 0 N–H and O–H groups in total. The van der Waals surface area contributed by atoms with E-state index in [0.29, 0.717) is 70.2 Å². The number of ketones is 3. The fraction of sp³-hybridized carbons (Fsp3) is 0.259. The van der Waals surface area contributed by atoms with Crippen molar-refractivity contribution in [3.05, 3.63) is 256 Å². The minimum atomic E-state index is -0.595. The summed E-state index contributed by atoms with van der Waals surface area (Å²) in [5.74, 6) is -1.66. The Hall–Kier alpha value is -10.9. The monoisotopic (exact) mass is 1400 g/mol. The van der Waals surface area contributed by atoms with Crippen LogP contribution in [-0.4, -0.2) is 86.6 Å². The summed E-state index contributed by atoms with van der Waals surface area (Å²) >= 11 is 1.64. The van der Waals surface area contributed by atoms with Crippen molar-refractivity contribution in [3.8, 4) is 5.75 Å². The Morgan fingerprint density at radius 2 is 0.961 bits per heavy atom. The lowest BCUT2D eigenvalue weighted by Gasteiger charge is -2.17. The first kappa shape index (κ1) is 74.8. The van der Waals surface area contributed by atoms with Crippen LogP contribution in [-0.2, 0) is 46.7 Å². The number of hydrogen-bond acceptors (Lipinski definition) is 16. The number of oxime groups is 3. The maximum absolute atomic E-state index is 13.6. The van der Waals surface area contributed by atoms with Gasteiger partial charge in [0.15, 0.2) is 17.4 Å². The van der Waals surface area contributed by atoms with E-state index in [1.54, 1.807) is 62.0 Å². The van der Waals surface area contributed by atoms with Gasteiger partial charge in [-0.2, -0.15) is 0 Å². The number of carbonyl (C=O) groups is 6. The van der Waals surface area contributed by atoms with E-state index in [4.69, 9.17) is 28.7 Å². The highest BCUT2D eigenvalue weighted by molar-refractivity contribution is 7.99. The molecule has 0 saturated carbocycles. The molecule has 2 aromatic heterocycles. The number of unbranched alkanes of at least 4 members (excludes halogenated alkanes) is 3. The van der Waals surface area contributed by atoms with Gasteiger partial charge < -0.3 is 37.9 Å². The highest BCUT2D eigenvalue weighted by Gasteiger charge is 2.33. The van der Waals surface area contributed by atoms with Gasteiger partial charge in [0.25, 0.3) is 0 Å². The summed E-state index contributed by atoms with van der Waals surface area (Å²) in [4.78, 5) is 91.4. The Labute approximate surface area is 604 Å². The molecule has 3 heterocycles. The highest BCUT2D eigenvalue weighted by atomic mass is 32.2. The third-order valence-electron chi connectivity index (χ3n) is 17.6. The van der Waals surface area contributed by atoms with Crippen LogP contribution in [0.4, 0.5) is 0 Å². The third kappa shape index (κ3) is 18.8. The number of carbonyl (C=O) groups excluding carboxylic acids is 6. The first-order valence-electron chi connectivity index (χ1n) is 34.6. The second-order valence-corrected chi connectivity index (χ2v) is 26.7. The van der Waals surface area contributed by atoms with Crippen molar-refractivity contribution in [1.82, 2.24) is 9.13 Å². The topological polar surface area (TPSA) is 205 Å². The number of rotatable bonds is 24. The predicted octanol–water partition coefficient (Wildman–Crippen LogP) is 19.0. The Bertz CT molecular complexity index is 5030. The molecular formula is C85H85N5O12S. The molecule has 1 unspecified atom stereocenters. The van der Waals surface area contributed by atoms with E-state index < -0.39 is 23.7 Å². The van der Waals surface area contributed by atoms with E-state index in [9.17, 15) is 28.8 Å². The molecule has 0 amide bonds. The first-order valence-corrected chi connectivity index (χ1v) is 35.4. The van der Waals surface area contributed by atoms with E-state index in [2.05, 4.69) is 45.4 Å². The number of hydrogen-bond donors (Lipinski definition) is 0. The molecule has 0 spiro atoms. The second kappa shape index (κ2) is 34.6. The van der Waals surface area contributed by atoms with Gasteiger partial charge in [0.05, 0.1) is 23.6 Å². The number of aromatic nitrogens is 2. The van der Waals surface area contributed by atoms with Crippen LogP contribution >= 0.6 is 11.8 Å². The molecule has 9 aromatic carbocycles. The van der Waals surface area contributed by atoms with Gasteiger partial charge in [-0.15, -0.1) is 0 Å². The SMILES string of the molecule is CCCCCC/C(=N/OC(=O)c1ccccc1)C(=O)c1ccc(Sc2ccccc2)cc1.CCn1c2ccc(C(=O)c3ccc(OCC4COC(C)(C)O4)cc3C)cc2c2cc(/C(C)=N/OC(C)=O)ccc21.CCn1c2ccc(C(=O)c3ccccc3C)cc2c2cc(/C(C)=N/OC(C)=O)ccc21. The first-order chi connectivity index (χ1) is 49.6. The van der Waals surface area contributed by atoms with Crippen molar-refractivity contribution in [2.75, 3.05) is 13.2 Å². The highest BCUT2D eigenvalue weighted by Crippen LogP contribution is 2.35. The van der Waals surface area contributed by atoms with Crippen molar-refractivity contribution in [2.45, 2.75) is 143 Å². The smallest absolute Gasteiger partial charge is 0.365 e. The van der Waals surface area contributed by atoms with E-state index in [1.807, 2.05) is 191 Å². The summed E-state index contributed by atoms with van der Waals surface area (Å²) in [5.41, 5.74) is 12.8. The standard InChI is InChI=1S/C32H34N2O6.C27H27NO3S.C26H24N2O3/c1-7-34-29-12-8-22(20(3)33-40-21(4)35)15-27(29)28-16-23(9-13-30(28)34)31(36)26-11-10-24(14-19(26)2)37-17-25-18-38-32(5,6)39-25;1-2-3-4-11-16-25(28-31-27(30)22-12-7-5-8-13-22)26(29)21-17-19-24(20-18-21)32-23-14-9-6-10-15-23;1-5-28-24-12-10-19(17(3)27-31-18(4)29)14-22(24)23-15-20(11-13-25(23)28)26(30)21-9-7-6-8-16(21)2/h8-16,25H,7,17-18H2,1-6H3;5-10,12-15,17-20H,2-4,11,16H2,1H3;6-15H,5H2,1-4H3/b33-20+;28-25-;27-17+. The van der Waals surface area contributed by atoms with Crippen LogP contribution in [0.3, 0.4) is 0 Å². The van der Waals surface area contributed by atoms with Crippen molar-refractivity contribution in [1.29, 1.82) is 0 Å². The molecule has 103 heavy (non-hydrogen) atoms. The van der Waals surface area contributed by atoms with E-state index in [-0.39, 0.29) is 29.2 Å². The summed E-state index contributed by atoms with van der Waals surface area (Å²) in [6, 6.07) is 63.1. The molecule has 11 aromatic rings. The Morgan fingerprint density at radius 3 is 1.45 bits per heavy atom. The van der Waals surface area contributed by atoms with E-state index in [1.165, 1.54) is 13.8 Å². The quantitative estimate of drug-likeness (QED) is 0.0182. The fourth-order valence-electron chi connectivity index (χ4n) is 12.3. The molecule has 0 bridgehead atoms. The van der Waals surface area contributed by atoms with E-state index in [0.717, 1.165) is 114 Å². The summed E-state index contributed by atoms with van der Waals surface area (Å²) in [6.07, 6.45) is 4.36. The number of ether oxygens (including phenoxy) is 3. The average molecular weight is 1400 g/mol. The van der Waals surface area contributed by atoms with Crippen LogP contribution in [0, 0.1) is 13.8 Å². The molecule has 1 aliphatic rings. The molecule has 18 heteroatoms. The van der Waals surface area contributed by atoms with Crippen molar-refractivity contribution in [3.63, 3.8) is 0 Å². The lowest BCUT2D eigenvalue weighted by Crippen LogP contribution is -2.25. The van der Waals surface area contributed by atoms with Crippen LogP contribution in [0.25, 0.3) is 43.6 Å². The number of aryl methyl sites for hydroxylation is 4. The second-order valence-electron chi connectivity index (χ2n) is 25.5. The molecule has 1 atom stereocenters. The summed E-state index contributed by atoms with van der Waals surface area (Å²) in [7, 11) is 0. The summed E-state index contributed by atoms with van der Waals surface area (Å²) < 4.78 is 21.8. The Morgan fingerprint density at radius 1 is 0.485 bits per heavy atom. The third-order valence-corrected chi connectivity index (χ3v) is 18.6. The van der Waals surface area contributed by atoms with E-state index >= 15 is 0 Å². The minimum Gasteiger partial charge on any atom is -0.491 e. The number of benzene rings is 9. The normalized spacial score (nSPS) is 13.6. The number of fused-ring (bicyclic) bond motifs is 6. The molecule has 0 aliphatic carbocycles. The van der Waals surface area contributed by atoms with Gasteiger partial charge in [-0.1, -0.05) is 126 Å². The van der Waals surface area contributed by atoms with Gasteiger partial charge >= 0.3 is 17.9 Å². The molecule has 1 saturated heterocycles. The molecule has 17 nitrogen and oxygen atoms in total. The number of Topliss-reactive ketones (excluding diaryl/α,β-unsaturated/α-hetero) is 1. The molecule has 1 aliphatic heterocycles. The van der Waals surface area contributed by atoms with Gasteiger partial charge in [0.1, 0.15) is 24.2 Å². The van der Waals surface area contributed by atoms with Crippen LogP contribution < -0.4 is 4.74 Å². The van der Waals surface area contributed by atoms with Crippen molar-refractivity contribution < 1.29 is 57.5 Å². The summed E-state index contributed by atoms with van der Waals surface area (Å²) in [6.45, 7) is 22.7. The largest absolute Gasteiger partial charge is 0.491 e. The maximum atomic E-state index is 13.6. The zero-order valence-electron chi connectivity index (χ0n) is 60.0. The Kier molecular flexibility index (Phi) is 25.1. The van der Waals surface area contributed by atoms with Crippen LogP contribution in [0.5, 0.6) is 5.75 Å². The fourth-order valence-corrected chi connectivity index (χ4v) is 13.1. The van der Waals surface area contributed by atoms with Gasteiger partial charge in [-0.25, -0.2) is 14.4 Å². The van der Waals surface area contributed by atoms with Gasteiger partial charge in [0.2, 0.25) is 5.78 Å². The molecular weight excluding hydrogens is 1320 g/mol. The van der Waals surface area contributed by atoms with Crippen LogP contribution in [0.1, 0.15) is 169 Å². The molecule has 0 radical (unpaired) electrons. The lowest BCUT2D eigenvalue weighted by atomic mass is 9.97. The van der Waals surface area contributed by atoms with Crippen molar-refractivity contribution >= 4 is 108 Å². The Balaban J connectivity index is 0.000000168. The van der Waals surface area contributed by atoms with Gasteiger partial charge in [-0.05, 0) is 218 Å². The lowest BCUT2D eigenvalue weighted by molar-refractivity contribution is -0.141. The van der Waals surface area contributed by atoms with Crippen LogP contribution in [0.2, 0.25) is 0 Å². The van der Waals surface area contributed by atoms with Gasteiger partial charge in [-0.3, -0.25) is 14.4 Å². The van der Waals surface area contributed by atoms with Crippen molar-refractivity contribution in [2.24, 2.45) is 15.5 Å². The van der Waals surface area contributed by atoms with Crippen LogP contribution in [0.15, 0.2) is 225 Å². The molecule has 528 valence electrons. The molecule has 1 fully saturated rings. The van der Waals surface area contributed by atoms with Gasteiger partial charge in [0, 0.05) is 108 Å². The average Bonchev–Trinajstić information content (AvgIpc) is 1.61. The maximum Gasteiger partial charge on any atom is 0.365 e. The number of nitrogens with zero attached hydrogens (tertiary/aromatic N) is 5. The minimum absolute atomic E-state index is 0.0150. The summed E-state index contributed by atoms with van der Waals surface area (Å²) in [5, 5.41) is 15.8. The zero-order chi connectivity index (χ0) is 73.3.